The zero-order chi connectivity index (χ0) is 18.3. The molecule has 1 heterocycles. The summed E-state index contributed by atoms with van der Waals surface area (Å²) in [4.78, 5) is 0. The average Bonchev–Trinajstić information content (AvgIpc) is 2.91. The topological polar surface area (TPSA) is 43.0 Å². The molecule has 1 aromatic heterocycles. The highest BCUT2D eigenvalue weighted by Gasteiger charge is 2.13. The van der Waals surface area contributed by atoms with Gasteiger partial charge in [-0.1, -0.05) is 40.9 Å². The normalized spacial score (nSPS) is 11.4. The van der Waals surface area contributed by atoms with Gasteiger partial charge in [0.2, 0.25) is 0 Å². The van der Waals surface area contributed by atoms with Crippen LogP contribution in [0.1, 0.15) is 0 Å². The van der Waals surface area contributed by atoms with Crippen molar-refractivity contribution in [1.29, 1.82) is 0 Å². The van der Waals surface area contributed by atoms with Gasteiger partial charge in [0.15, 0.2) is 0 Å². The van der Waals surface area contributed by atoms with Gasteiger partial charge in [0.05, 0.1) is 21.1 Å². The summed E-state index contributed by atoms with van der Waals surface area (Å²) in [5, 5.41) is 7.40. The van der Waals surface area contributed by atoms with Crippen LogP contribution in [-0.2, 0) is 6.54 Å². The van der Waals surface area contributed by atoms with Crippen molar-refractivity contribution in [2.45, 2.75) is 6.54 Å². The van der Waals surface area contributed by atoms with Crippen molar-refractivity contribution < 1.29 is 0 Å². The van der Waals surface area contributed by atoms with Crippen LogP contribution in [0.5, 0.6) is 0 Å². The molecular formula is C20H16Cl3N3. The lowest BCUT2D eigenvalue weighted by molar-refractivity contribution is 0.758. The maximum absolute atomic E-state index is 6.24. The first-order valence-electron chi connectivity index (χ1n) is 8.20. The number of hydrogen-bond acceptors (Lipinski definition) is 2. The van der Waals surface area contributed by atoms with Crippen LogP contribution in [0, 0.1) is 0 Å². The van der Waals surface area contributed by atoms with Gasteiger partial charge in [-0.15, -0.1) is 0 Å². The quantitative estimate of drug-likeness (QED) is 0.410. The standard InChI is InChI=1S/C20H16Cl3N3/c21-12-1-3-13(4-2-12)25-14-5-6-15-16-10-17(22)18(23)11-20(16)26(8-7-24)19(15)9-14/h1-6,9-11,25H,7-8,24H2. The van der Waals surface area contributed by atoms with E-state index in [1.807, 2.05) is 42.5 Å². The van der Waals surface area contributed by atoms with E-state index < -0.39 is 0 Å². The zero-order valence-corrected chi connectivity index (χ0v) is 16.0. The molecule has 0 radical (unpaired) electrons. The number of halogens is 3. The molecule has 3 nitrogen and oxygen atoms in total. The van der Waals surface area contributed by atoms with Gasteiger partial charge in [-0.2, -0.15) is 0 Å². The molecule has 0 aliphatic carbocycles. The summed E-state index contributed by atoms with van der Waals surface area (Å²) in [5.41, 5.74) is 9.91. The van der Waals surface area contributed by atoms with Crippen LogP contribution in [0.25, 0.3) is 21.8 Å². The van der Waals surface area contributed by atoms with Crippen molar-refractivity contribution >= 4 is 68.0 Å². The first-order chi connectivity index (χ1) is 12.6. The van der Waals surface area contributed by atoms with Crippen LogP contribution < -0.4 is 11.1 Å². The lowest BCUT2D eigenvalue weighted by atomic mass is 10.1. The summed E-state index contributed by atoms with van der Waals surface area (Å²) in [6, 6.07) is 17.7. The minimum Gasteiger partial charge on any atom is -0.355 e. The van der Waals surface area contributed by atoms with E-state index >= 15 is 0 Å². The number of aromatic nitrogens is 1. The number of hydrogen-bond donors (Lipinski definition) is 2. The molecule has 3 aromatic carbocycles. The molecule has 0 bridgehead atoms. The van der Waals surface area contributed by atoms with Crippen LogP contribution in [0.2, 0.25) is 15.1 Å². The lowest BCUT2D eigenvalue weighted by Crippen LogP contribution is -2.09. The molecule has 0 aliphatic rings. The monoisotopic (exact) mass is 403 g/mol. The fourth-order valence-corrected chi connectivity index (χ4v) is 3.68. The molecule has 0 spiro atoms. The van der Waals surface area contributed by atoms with Crippen LogP contribution in [0.4, 0.5) is 11.4 Å². The van der Waals surface area contributed by atoms with Crippen LogP contribution in [0.3, 0.4) is 0 Å². The van der Waals surface area contributed by atoms with Crippen molar-refractivity contribution in [3.8, 4) is 0 Å². The van der Waals surface area contributed by atoms with Gasteiger partial charge in [0.25, 0.3) is 0 Å². The van der Waals surface area contributed by atoms with E-state index in [1.165, 1.54) is 0 Å². The molecule has 0 aliphatic heterocycles. The summed E-state index contributed by atoms with van der Waals surface area (Å²) >= 11 is 18.4. The van der Waals surface area contributed by atoms with E-state index in [1.54, 1.807) is 0 Å². The Kier molecular flexibility index (Phi) is 4.72. The molecule has 0 saturated carbocycles. The van der Waals surface area contributed by atoms with Gasteiger partial charge < -0.3 is 15.6 Å². The third-order valence-corrected chi connectivity index (χ3v) is 5.37. The van der Waals surface area contributed by atoms with Crippen molar-refractivity contribution in [2.24, 2.45) is 5.73 Å². The number of nitrogens with one attached hydrogen (secondary N) is 1. The third kappa shape index (κ3) is 3.12. The van der Waals surface area contributed by atoms with Gasteiger partial charge in [-0.05, 0) is 48.5 Å². The summed E-state index contributed by atoms with van der Waals surface area (Å²) < 4.78 is 2.18. The highest BCUT2D eigenvalue weighted by Crippen LogP contribution is 2.36. The van der Waals surface area contributed by atoms with Gasteiger partial charge >= 0.3 is 0 Å². The van der Waals surface area contributed by atoms with E-state index in [0.29, 0.717) is 28.2 Å². The number of anilines is 2. The van der Waals surface area contributed by atoms with Crippen molar-refractivity contribution in [3.05, 3.63) is 69.7 Å². The molecule has 0 saturated heterocycles. The predicted octanol–water partition coefficient (Wildman–Crippen LogP) is 6.46. The molecule has 0 amide bonds. The third-order valence-electron chi connectivity index (χ3n) is 4.39. The minimum atomic E-state index is 0.536. The molecule has 3 N–H and O–H groups in total. The minimum absolute atomic E-state index is 0.536. The second-order valence-electron chi connectivity index (χ2n) is 6.09. The molecule has 26 heavy (non-hydrogen) atoms. The SMILES string of the molecule is NCCn1c2cc(Nc3ccc(Cl)cc3)ccc2c2cc(Cl)c(Cl)cc21. The Morgan fingerprint density at radius 2 is 1.42 bits per heavy atom. The fraction of sp³-hybridized carbons (Fsp3) is 0.100. The smallest absolute Gasteiger partial charge is 0.0613 e. The number of nitrogens with two attached hydrogens (primary N) is 1. The summed E-state index contributed by atoms with van der Waals surface area (Å²) in [6.07, 6.45) is 0. The first kappa shape index (κ1) is 17.5. The largest absolute Gasteiger partial charge is 0.355 e. The van der Waals surface area contributed by atoms with Gasteiger partial charge in [-0.3, -0.25) is 0 Å². The maximum atomic E-state index is 6.24. The lowest BCUT2D eigenvalue weighted by Gasteiger charge is -2.09. The molecule has 0 fully saturated rings. The predicted molar refractivity (Wildman–Crippen MR) is 113 cm³/mol. The first-order valence-corrected chi connectivity index (χ1v) is 9.34. The van der Waals surface area contributed by atoms with E-state index in [0.717, 1.165) is 33.2 Å². The Balaban J connectivity index is 1.87. The van der Waals surface area contributed by atoms with Gasteiger partial charge in [0.1, 0.15) is 0 Å². The van der Waals surface area contributed by atoms with Gasteiger partial charge in [-0.25, -0.2) is 0 Å². The van der Waals surface area contributed by atoms with E-state index in [-0.39, 0.29) is 0 Å². The second-order valence-corrected chi connectivity index (χ2v) is 7.34. The van der Waals surface area contributed by atoms with Crippen LogP contribution in [0.15, 0.2) is 54.6 Å². The maximum Gasteiger partial charge on any atom is 0.0613 e. The van der Waals surface area contributed by atoms with Crippen LogP contribution in [-0.4, -0.2) is 11.1 Å². The molecule has 0 atom stereocenters. The van der Waals surface area contributed by atoms with Crippen molar-refractivity contribution in [2.75, 3.05) is 11.9 Å². The Labute approximate surface area is 166 Å². The van der Waals surface area contributed by atoms with E-state index in [9.17, 15) is 0 Å². The van der Waals surface area contributed by atoms with Crippen molar-refractivity contribution in [3.63, 3.8) is 0 Å². The highest BCUT2D eigenvalue weighted by atomic mass is 35.5. The molecule has 132 valence electrons. The molecule has 6 heteroatoms. The summed E-state index contributed by atoms with van der Waals surface area (Å²) in [7, 11) is 0. The zero-order valence-electron chi connectivity index (χ0n) is 13.8. The molecule has 4 aromatic rings. The Bertz CT molecular complexity index is 1100. The van der Waals surface area contributed by atoms with Crippen LogP contribution >= 0.6 is 34.8 Å². The summed E-state index contributed by atoms with van der Waals surface area (Å²) in [6.45, 7) is 1.23. The number of benzene rings is 3. The van der Waals surface area contributed by atoms with E-state index in [4.69, 9.17) is 40.5 Å². The average molecular weight is 405 g/mol. The number of rotatable bonds is 4. The Morgan fingerprint density at radius 1 is 0.769 bits per heavy atom. The number of nitrogens with zero attached hydrogens (tertiary/aromatic N) is 1. The molecular weight excluding hydrogens is 389 g/mol. The fourth-order valence-electron chi connectivity index (χ4n) is 3.24. The van der Waals surface area contributed by atoms with Crippen molar-refractivity contribution in [1.82, 2.24) is 4.57 Å². The summed E-state index contributed by atoms with van der Waals surface area (Å²) in [5.74, 6) is 0. The second kappa shape index (κ2) is 7.01. The van der Waals surface area contributed by atoms with E-state index in [2.05, 4.69) is 22.0 Å². The number of fused-ring (bicyclic) bond motifs is 3. The highest BCUT2D eigenvalue weighted by molar-refractivity contribution is 6.43. The Morgan fingerprint density at radius 3 is 2.15 bits per heavy atom. The molecule has 0 unspecified atom stereocenters. The van der Waals surface area contributed by atoms with Gasteiger partial charge in [0, 0.05) is 40.3 Å². The molecule has 4 rings (SSSR count). The Hall–Kier alpha value is -1.91.